The lowest BCUT2D eigenvalue weighted by Gasteiger charge is -2.00. The molecular formula is C16H24N2. The van der Waals surface area contributed by atoms with Crippen molar-refractivity contribution in [2.45, 2.75) is 41.5 Å². The number of nitrogens with zero attached hydrogens (tertiary/aromatic N) is 2. The number of hydrogen-bond donors (Lipinski definition) is 0. The molecule has 0 aliphatic heterocycles. The van der Waals surface area contributed by atoms with Crippen LogP contribution in [0.3, 0.4) is 0 Å². The summed E-state index contributed by atoms with van der Waals surface area (Å²) in [6, 6.07) is 8.11. The number of hydrogen-bond acceptors (Lipinski definition) is 2. The van der Waals surface area contributed by atoms with Crippen LogP contribution in [0.5, 0.6) is 0 Å². The number of rotatable bonds is 1. The van der Waals surface area contributed by atoms with Gasteiger partial charge in [-0.25, -0.2) is 0 Å². The summed E-state index contributed by atoms with van der Waals surface area (Å²) >= 11 is 0. The summed E-state index contributed by atoms with van der Waals surface area (Å²) in [5.41, 5.74) is 4.24. The molecule has 0 atom stereocenters. The minimum absolute atomic E-state index is 0.975. The summed E-state index contributed by atoms with van der Waals surface area (Å²) in [5.74, 6) is 0. The van der Waals surface area contributed by atoms with Crippen molar-refractivity contribution in [3.05, 3.63) is 47.9 Å². The Morgan fingerprint density at radius 2 is 1.39 bits per heavy atom. The van der Waals surface area contributed by atoms with E-state index in [-0.39, 0.29) is 0 Å². The lowest BCUT2D eigenvalue weighted by atomic mass is 10.1. The molecule has 2 heterocycles. The second kappa shape index (κ2) is 9.34. The summed E-state index contributed by atoms with van der Waals surface area (Å²) in [5, 5.41) is 0. The van der Waals surface area contributed by atoms with Crippen molar-refractivity contribution in [2.24, 2.45) is 0 Å². The van der Waals surface area contributed by atoms with Gasteiger partial charge in [-0.3, -0.25) is 9.97 Å². The van der Waals surface area contributed by atoms with Crippen molar-refractivity contribution in [1.29, 1.82) is 0 Å². The maximum absolute atomic E-state index is 4.34. The van der Waals surface area contributed by atoms with E-state index in [1.54, 1.807) is 0 Å². The van der Waals surface area contributed by atoms with E-state index in [0.717, 1.165) is 17.0 Å². The minimum Gasteiger partial charge on any atom is -0.261 e. The largest absolute Gasteiger partial charge is 0.261 e. The number of pyridine rings is 2. The zero-order valence-electron chi connectivity index (χ0n) is 12.4. The van der Waals surface area contributed by atoms with Crippen LogP contribution in [-0.4, -0.2) is 9.97 Å². The SMILES string of the molecule is CC.CC.Cc1ccc(-c2ccc(C)nc2)nc1. The van der Waals surface area contributed by atoms with Crippen LogP contribution in [0.2, 0.25) is 0 Å². The van der Waals surface area contributed by atoms with Gasteiger partial charge in [0.15, 0.2) is 0 Å². The summed E-state index contributed by atoms with van der Waals surface area (Å²) in [6.07, 6.45) is 3.72. The van der Waals surface area contributed by atoms with Crippen molar-refractivity contribution in [2.75, 3.05) is 0 Å². The van der Waals surface area contributed by atoms with E-state index in [2.05, 4.69) is 16.0 Å². The van der Waals surface area contributed by atoms with Crippen LogP contribution in [0, 0.1) is 13.8 Å². The molecule has 0 spiro atoms. The van der Waals surface area contributed by atoms with Crippen LogP contribution in [0.25, 0.3) is 11.3 Å². The van der Waals surface area contributed by atoms with Gasteiger partial charge in [-0.1, -0.05) is 33.8 Å². The van der Waals surface area contributed by atoms with Gasteiger partial charge in [0.2, 0.25) is 0 Å². The van der Waals surface area contributed by atoms with Gasteiger partial charge in [0.25, 0.3) is 0 Å². The van der Waals surface area contributed by atoms with Crippen molar-refractivity contribution in [3.8, 4) is 11.3 Å². The first-order valence-electron chi connectivity index (χ1n) is 6.61. The molecule has 0 amide bonds. The van der Waals surface area contributed by atoms with Crippen molar-refractivity contribution in [1.82, 2.24) is 9.97 Å². The van der Waals surface area contributed by atoms with Crippen LogP contribution in [0.4, 0.5) is 0 Å². The molecule has 2 rings (SSSR count). The fourth-order valence-electron chi connectivity index (χ4n) is 1.26. The maximum atomic E-state index is 4.34. The monoisotopic (exact) mass is 244 g/mol. The molecule has 2 aromatic heterocycles. The quantitative estimate of drug-likeness (QED) is 0.719. The third kappa shape index (κ3) is 5.09. The van der Waals surface area contributed by atoms with E-state index in [1.807, 2.05) is 72.1 Å². The molecule has 0 fully saturated rings. The molecule has 0 aromatic carbocycles. The molecule has 0 aliphatic carbocycles. The van der Waals surface area contributed by atoms with Gasteiger partial charge in [0, 0.05) is 23.7 Å². The van der Waals surface area contributed by atoms with Gasteiger partial charge in [-0.05, 0) is 37.6 Å². The van der Waals surface area contributed by atoms with Crippen LogP contribution in [0.15, 0.2) is 36.7 Å². The molecule has 18 heavy (non-hydrogen) atoms. The Bertz CT molecular complexity index is 372. The van der Waals surface area contributed by atoms with Gasteiger partial charge in [0.05, 0.1) is 5.69 Å². The first-order chi connectivity index (χ1) is 8.75. The van der Waals surface area contributed by atoms with E-state index >= 15 is 0 Å². The summed E-state index contributed by atoms with van der Waals surface area (Å²) in [7, 11) is 0. The molecule has 0 bridgehead atoms. The maximum Gasteiger partial charge on any atom is 0.0717 e. The van der Waals surface area contributed by atoms with Gasteiger partial charge >= 0.3 is 0 Å². The molecule has 0 saturated heterocycles. The van der Waals surface area contributed by atoms with E-state index in [0.29, 0.717) is 0 Å². The van der Waals surface area contributed by atoms with E-state index in [9.17, 15) is 0 Å². The minimum atomic E-state index is 0.975. The first kappa shape index (κ1) is 16.3. The highest BCUT2D eigenvalue weighted by Gasteiger charge is 1.97. The van der Waals surface area contributed by atoms with Gasteiger partial charge in [0.1, 0.15) is 0 Å². The highest BCUT2D eigenvalue weighted by Crippen LogP contribution is 2.15. The second-order valence-electron chi connectivity index (χ2n) is 3.41. The molecule has 2 nitrogen and oxygen atoms in total. The third-order valence-corrected chi connectivity index (χ3v) is 2.12. The lowest BCUT2D eigenvalue weighted by molar-refractivity contribution is 1.19. The van der Waals surface area contributed by atoms with Gasteiger partial charge in [-0.2, -0.15) is 0 Å². The predicted molar refractivity (Wildman–Crippen MR) is 79.6 cm³/mol. The van der Waals surface area contributed by atoms with Gasteiger partial charge in [-0.15, -0.1) is 0 Å². The topological polar surface area (TPSA) is 25.8 Å². The third-order valence-electron chi connectivity index (χ3n) is 2.12. The smallest absolute Gasteiger partial charge is 0.0717 e. The summed E-state index contributed by atoms with van der Waals surface area (Å²) < 4.78 is 0. The fourth-order valence-corrected chi connectivity index (χ4v) is 1.26. The molecule has 2 aromatic rings. The molecule has 2 heteroatoms. The standard InChI is InChI=1S/C12H12N2.2C2H6/c1-9-3-6-12(14-7-9)11-5-4-10(2)13-8-11;2*1-2/h3-8H,1-2H3;2*1-2H3. The van der Waals surface area contributed by atoms with Crippen molar-refractivity contribution >= 4 is 0 Å². The normalized spacial score (nSPS) is 8.56. The number of aryl methyl sites for hydroxylation is 2. The molecule has 0 unspecified atom stereocenters. The molecule has 98 valence electrons. The zero-order chi connectivity index (χ0) is 14.0. The van der Waals surface area contributed by atoms with Crippen LogP contribution in [0.1, 0.15) is 39.0 Å². The highest BCUT2D eigenvalue weighted by molar-refractivity contribution is 5.57. The Morgan fingerprint density at radius 1 is 0.722 bits per heavy atom. The Hall–Kier alpha value is -1.70. The van der Waals surface area contributed by atoms with Gasteiger partial charge < -0.3 is 0 Å². The summed E-state index contributed by atoms with van der Waals surface area (Å²) in [4.78, 5) is 8.58. The molecule has 0 radical (unpaired) electrons. The van der Waals surface area contributed by atoms with Crippen LogP contribution < -0.4 is 0 Å². The van der Waals surface area contributed by atoms with Crippen molar-refractivity contribution in [3.63, 3.8) is 0 Å². The van der Waals surface area contributed by atoms with E-state index < -0.39 is 0 Å². The predicted octanol–water partition coefficient (Wildman–Crippen LogP) is 4.81. The van der Waals surface area contributed by atoms with E-state index in [4.69, 9.17) is 0 Å². The van der Waals surface area contributed by atoms with Crippen LogP contribution >= 0.6 is 0 Å². The molecule has 0 N–H and O–H groups in total. The Labute approximate surface area is 111 Å². The fraction of sp³-hybridized carbons (Fsp3) is 0.375. The average molecular weight is 244 g/mol. The second-order valence-corrected chi connectivity index (χ2v) is 3.41. The average Bonchev–Trinajstić information content (AvgIpc) is 2.45. The Morgan fingerprint density at radius 3 is 1.83 bits per heavy atom. The summed E-state index contributed by atoms with van der Waals surface area (Å²) in [6.45, 7) is 12.0. The van der Waals surface area contributed by atoms with E-state index in [1.165, 1.54) is 5.56 Å². The molecular weight excluding hydrogens is 220 g/mol. The lowest BCUT2D eigenvalue weighted by Crippen LogP contribution is -1.86. The Balaban J connectivity index is 0.000000659. The van der Waals surface area contributed by atoms with Crippen molar-refractivity contribution < 1.29 is 0 Å². The first-order valence-corrected chi connectivity index (χ1v) is 6.61. The molecule has 0 saturated carbocycles. The zero-order valence-corrected chi connectivity index (χ0v) is 12.4. The molecule has 0 aliphatic rings. The van der Waals surface area contributed by atoms with Crippen LogP contribution in [-0.2, 0) is 0 Å². The highest BCUT2D eigenvalue weighted by atomic mass is 14.7. The Kier molecular flexibility index (Phi) is 8.46. The number of aromatic nitrogens is 2.